The predicted octanol–water partition coefficient (Wildman–Crippen LogP) is 3.15. The first-order valence-corrected chi connectivity index (χ1v) is 19.0. The quantitative estimate of drug-likeness (QED) is 0.0688. The van der Waals surface area contributed by atoms with Crippen LogP contribution in [0.2, 0.25) is 0 Å². The molecule has 6 atom stereocenters. The van der Waals surface area contributed by atoms with E-state index < -0.39 is 59.0 Å². The number of aliphatic hydroxyl groups is 1. The first kappa shape index (κ1) is 40.6. The van der Waals surface area contributed by atoms with E-state index in [-0.39, 0.29) is 25.6 Å². The van der Waals surface area contributed by atoms with Crippen molar-refractivity contribution in [2.75, 3.05) is 27.4 Å². The fourth-order valence-corrected chi connectivity index (χ4v) is 7.60. The van der Waals surface area contributed by atoms with Gasteiger partial charge in [-0.15, -0.1) is 0 Å². The number of rotatable bonds is 15. The number of aliphatic hydroxyl groups excluding tert-OH is 1. The van der Waals surface area contributed by atoms with Gasteiger partial charge < -0.3 is 28.8 Å². The van der Waals surface area contributed by atoms with Crippen LogP contribution in [0.4, 0.5) is 0 Å². The number of methoxy groups -OCH3 is 2. The molecular weight excluding hydrogens is 750 g/mol. The second-order valence-corrected chi connectivity index (χ2v) is 14.5. The van der Waals surface area contributed by atoms with Crippen molar-refractivity contribution in [2.24, 2.45) is 5.92 Å². The fourth-order valence-electron chi connectivity index (χ4n) is 7.60. The van der Waals surface area contributed by atoms with E-state index in [1.807, 2.05) is 78.9 Å². The van der Waals surface area contributed by atoms with Crippen molar-refractivity contribution in [3.05, 3.63) is 161 Å². The van der Waals surface area contributed by atoms with E-state index in [2.05, 4.69) is 15.4 Å². The number of aromatic nitrogens is 4. The molecule has 0 radical (unpaired) electrons. The van der Waals surface area contributed by atoms with E-state index in [0.29, 0.717) is 35.5 Å². The van der Waals surface area contributed by atoms with Gasteiger partial charge in [-0.05, 0) is 73.6 Å². The van der Waals surface area contributed by atoms with Gasteiger partial charge in [0, 0.05) is 29.9 Å². The minimum atomic E-state index is -1.13. The average Bonchev–Trinajstić information content (AvgIpc) is 3.82. The van der Waals surface area contributed by atoms with Gasteiger partial charge in [-0.3, -0.25) is 33.5 Å². The Labute approximate surface area is 332 Å². The molecule has 306 valence electrons. The van der Waals surface area contributed by atoms with Crippen LogP contribution in [0.5, 0.6) is 11.5 Å². The SMILES string of the molecule is COc1ccc(C(OC[C@H]2O[C@@H](n3cc(C)c(=O)[nH]c3=O)C[C@@H]2CCONC2OC(n3cc(C)c(=O)[nH]c3=O)CC2O)(c2ccccc2)c2ccc(OC)cc2)cc1. The maximum Gasteiger partial charge on any atom is 0.330 e. The van der Waals surface area contributed by atoms with Crippen molar-refractivity contribution in [3.63, 3.8) is 0 Å². The summed E-state index contributed by atoms with van der Waals surface area (Å²) >= 11 is 0. The number of benzene rings is 3. The number of hydrogen-bond donors (Lipinski definition) is 4. The molecular formula is C42H47N5O11. The number of nitrogens with zero attached hydrogens (tertiary/aromatic N) is 2. The van der Waals surface area contributed by atoms with E-state index in [9.17, 15) is 24.3 Å². The molecule has 3 aromatic carbocycles. The van der Waals surface area contributed by atoms with Crippen LogP contribution in [0.15, 0.2) is 110 Å². The molecule has 4 heterocycles. The van der Waals surface area contributed by atoms with Crippen LogP contribution in [0, 0.1) is 19.8 Å². The number of nitrogens with one attached hydrogen (secondary N) is 3. The average molecular weight is 798 g/mol. The molecule has 0 amide bonds. The molecule has 2 aliphatic heterocycles. The van der Waals surface area contributed by atoms with Crippen LogP contribution in [0.3, 0.4) is 0 Å². The van der Waals surface area contributed by atoms with E-state index in [1.165, 1.54) is 21.5 Å². The molecule has 0 saturated carbocycles. The van der Waals surface area contributed by atoms with E-state index in [0.717, 1.165) is 16.7 Å². The van der Waals surface area contributed by atoms with Crippen LogP contribution < -0.4 is 37.5 Å². The van der Waals surface area contributed by atoms with Gasteiger partial charge >= 0.3 is 11.4 Å². The van der Waals surface area contributed by atoms with Crippen molar-refractivity contribution >= 4 is 0 Å². The lowest BCUT2D eigenvalue weighted by molar-refractivity contribution is -0.127. The largest absolute Gasteiger partial charge is 0.497 e. The normalized spacial score (nSPS) is 21.9. The third-order valence-corrected chi connectivity index (χ3v) is 10.8. The van der Waals surface area contributed by atoms with Crippen molar-refractivity contribution in [1.29, 1.82) is 0 Å². The van der Waals surface area contributed by atoms with Crippen LogP contribution >= 0.6 is 0 Å². The topological polar surface area (TPSA) is 197 Å². The predicted molar refractivity (Wildman–Crippen MR) is 211 cm³/mol. The van der Waals surface area contributed by atoms with Gasteiger partial charge in [0.1, 0.15) is 29.6 Å². The third-order valence-electron chi connectivity index (χ3n) is 10.8. The van der Waals surface area contributed by atoms with Crippen LogP contribution in [-0.4, -0.2) is 70.1 Å². The molecule has 3 unspecified atom stereocenters. The number of hydrogen-bond acceptors (Lipinski definition) is 12. The molecule has 0 aliphatic carbocycles. The summed E-state index contributed by atoms with van der Waals surface area (Å²) in [4.78, 5) is 60.1. The first-order chi connectivity index (χ1) is 28.0. The van der Waals surface area contributed by atoms with Crippen molar-refractivity contribution in [1.82, 2.24) is 24.6 Å². The third kappa shape index (κ3) is 8.34. The van der Waals surface area contributed by atoms with E-state index in [1.54, 1.807) is 28.1 Å². The molecule has 4 N–H and O–H groups in total. The second-order valence-electron chi connectivity index (χ2n) is 14.5. The molecule has 0 bridgehead atoms. The molecule has 2 saturated heterocycles. The summed E-state index contributed by atoms with van der Waals surface area (Å²) in [6.45, 7) is 3.42. The molecule has 58 heavy (non-hydrogen) atoms. The van der Waals surface area contributed by atoms with Crippen LogP contribution in [0.1, 0.15) is 59.5 Å². The number of H-pyrrole nitrogens is 2. The van der Waals surface area contributed by atoms with Gasteiger partial charge in [0.2, 0.25) is 0 Å². The molecule has 16 nitrogen and oxygen atoms in total. The summed E-state index contributed by atoms with van der Waals surface area (Å²) in [5.41, 5.74) is 2.67. The van der Waals surface area contributed by atoms with Gasteiger partial charge in [0.05, 0.1) is 39.6 Å². The molecule has 2 aliphatic rings. The smallest absolute Gasteiger partial charge is 0.330 e. The Morgan fingerprint density at radius 2 is 1.26 bits per heavy atom. The number of ether oxygens (including phenoxy) is 5. The second kappa shape index (κ2) is 17.5. The lowest BCUT2D eigenvalue weighted by atomic mass is 9.80. The zero-order chi connectivity index (χ0) is 41.0. The number of hydroxylamine groups is 1. The summed E-state index contributed by atoms with van der Waals surface area (Å²) in [5.74, 6) is 1.16. The number of aromatic amines is 2. The lowest BCUT2D eigenvalue weighted by Crippen LogP contribution is -2.39. The Morgan fingerprint density at radius 3 is 1.79 bits per heavy atom. The zero-order valence-electron chi connectivity index (χ0n) is 32.6. The van der Waals surface area contributed by atoms with E-state index >= 15 is 0 Å². The van der Waals surface area contributed by atoms with Gasteiger partial charge in [0.25, 0.3) is 11.1 Å². The molecule has 5 aromatic rings. The van der Waals surface area contributed by atoms with Gasteiger partial charge in [-0.1, -0.05) is 54.6 Å². The molecule has 0 spiro atoms. The highest BCUT2D eigenvalue weighted by atomic mass is 16.7. The minimum absolute atomic E-state index is 0.0814. The Morgan fingerprint density at radius 1 is 0.741 bits per heavy atom. The van der Waals surface area contributed by atoms with E-state index in [4.69, 9.17) is 28.5 Å². The Kier molecular flexibility index (Phi) is 12.2. The van der Waals surface area contributed by atoms with Crippen molar-refractivity contribution in [3.8, 4) is 11.5 Å². The molecule has 7 rings (SSSR count). The maximum atomic E-state index is 13.1. The highest BCUT2D eigenvalue weighted by Gasteiger charge is 2.43. The summed E-state index contributed by atoms with van der Waals surface area (Å²) in [7, 11) is 3.22. The van der Waals surface area contributed by atoms with Crippen LogP contribution in [0.25, 0.3) is 0 Å². The van der Waals surface area contributed by atoms with Crippen molar-refractivity contribution < 1.29 is 33.6 Å². The molecule has 2 aromatic heterocycles. The monoisotopic (exact) mass is 797 g/mol. The minimum Gasteiger partial charge on any atom is -0.497 e. The highest BCUT2D eigenvalue weighted by molar-refractivity contribution is 5.49. The summed E-state index contributed by atoms with van der Waals surface area (Å²) in [5, 5.41) is 10.7. The zero-order valence-corrected chi connectivity index (χ0v) is 32.6. The summed E-state index contributed by atoms with van der Waals surface area (Å²) in [6, 6.07) is 25.2. The number of aryl methyl sites for hydroxylation is 2. The molecule has 2 fully saturated rings. The Balaban J connectivity index is 1.14. The van der Waals surface area contributed by atoms with Gasteiger partial charge in [0.15, 0.2) is 6.23 Å². The van der Waals surface area contributed by atoms with Gasteiger partial charge in [-0.25, -0.2) is 9.59 Å². The van der Waals surface area contributed by atoms with Crippen molar-refractivity contribution in [2.45, 2.75) is 69.6 Å². The highest BCUT2D eigenvalue weighted by Crippen LogP contribution is 2.44. The van der Waals surface area contributed by atoms with Crippen LogP contribution in [-0.2, 0) is 24.6 Å². The Hall–Kier alpha value is -5.62. The lowest BCUT2D eigenvalue weighted by Gasteiger charge is -2.37. The van der Waals surface area contributed by atoms with Gasteiger partial charge in [-0.2, -0.15) is 5.48 Å². The first-order valence-electron chi connectivity index (χ1n) is 19.0. The summed E-state index contributed by atoms with van der Waals surface area (Å²) in [6.07, 6.45) is -0.270. The standard InChI is InChI=1S/C42H47N5O11/c1-25-22-46(40(51)43-37(25)49)35-20-27(18-19-56-45-39-33(48)21-36(58-39)47-23-26(2)38(50)44-41(47)52)34(57-35)24-55-42(28-8-6-5-7-9-28,29-10-14-31(53-3)15-11-29)30-12-16-32(54-4)17-13-30/h5-17,22-23,27,33-36,39,45,48H,18-21,24H2,1-4H3,(H,43,49,51)(H,44,50,52)/t27-,33?,34+,35+,36?,39?/m0/s1. The summed E-state index contributed by atoms with van der Waals surface area (Å²) < 4.78 is 33.3. The fraction of sp³-hybridized carbons (Fsp3) is 0.381. The maximum absolute atomic E-state index is 13.1. The molecule has 16 heteroatoms. The Bertz CT molecular complexity index is 2360.